The van der Waals surface area contributed by atoms with Gasteiger partial charge in [-0.1, -0.05) is 0 Å². The van der Waals surface area contributed by atoms with E-state index in [4.69, 9.17) is 5.26 Å². The molecule has 0 spiro atoms. The van der Waals surface area contributed by atoms with Crippen LogP contribution in [0.15, 0.2) is 0 Å². The van der Waals surface area contributed by atoms with Crippen LogP contribution in [0.5, 0.6) is 0 Å². The van der Waals surface area contributed by atoms with Crippen LogP contribution in [0, 0.1) is 19.5 Å². The van der Waals surface area contributed by atoms with Crippen molar-refractivity contribution in [1.29, 1.82) is 5.26 Å². The molecule has 0 saturated carbocycles. The molecule has 0 aliphatic heterocycles. The molecule has 9 heavy (non-hydrogen) atoms. The van der Waals surface area contributed by atoms with Crippen molar-refractivity contribution in [1.82, 2.24) is 0 Å². The van der Waals surface area contributed by atoms with E-state index in [2.05, 4.69) is 8.91 Å². The van der Waals surface area contributed by atoms with Crippen molar-refractivity contribution >= 4 is 36.1 Å². The summed E-state index contributed by atoms with van der Waals surface area (Å²) in [6, 6.07) is 0. The Hall–Kier alpha value is 0.320. The van der Waals surface area contributed by atoms with Crippen molar-refractivity contribution in [3.63, 3.8) is 0 Å². The average molecular weight is 333 g/mol. The summed E-state index contributed by atoms with van der Waals surface area (Å²) in [6.45, 7) is 0. The Morgan fingerprint density at radius 2 is 2.33 bits per heavy atom. The summed E-state index contributed by atoms with van der Waals surface area (Å²) >= 11 is -3.99. The standard InChI is InChI=1S/CBrClFIN2O2/c2-5(3,4,1-6)7(8)9. The van der Waals surface area contributed by atoms with Gasteiger partial charge in [-0.05, 0) is 0 Å². The fourth-order valence-electron chi connectivity index (χ4n) is 0.0309. The minimum atomic E-state index is -5.97. The van der Waals surface area contributed by atoms with Gasteiger partial charge in [-0.2, -0.15) is 0 Å². The molecule has 0 aromatic heterocycles. The van der Waals surface area contributed by atoms with Crippen molar-refractivity contribution in [3.05, 3.63) is 10.1 Å². The zero-order valence-corrected chi connectivity index (χ0v) is 8.22. The molecule has 0 saturated heterocycles. The van der Waals surface area contributed by atoms with Gasteiger partial charge >= 0.3 is 61.6 Å². The van der Waals surface area contributed by atoms with Crippen LogP contribution in [0.2, 0.25) is 0 Å². The van der Waals surface area contributed by atoms with E-state index in [-0.39, 0.29) is 0 Å². The van der Waals surface area contributed by atoms with Crippen LogP contribution >= 0.6 is 36.1 Å². The predicted octanol–water partition coefficient (Wildman–Crippen LogP) is 2.59. The summed E-state index contributed by atoms with van der Waals surface area (Å²) in [4.78, 5) is 9.69. The van der Waals surface area contributed by atoms with Crippen LogP contribution in [0.3, 0.4) is 0 Å². The second-order valence-corrected chi connectivity index (χ2v) is 19.1. The first-order valence-electron chi connectivity index (χ1n) is 1.38. The van der Waals surface area contributed by atoms with Gasteiger partial charge in [-0.25, -0.2) is 0 Å². The molecule has 0 N–H and O–H groups in total. The van der Waals surface area contributed by atoms with Crippen molar-refractivity contribution < 1.29 is 6.00 Å². The van der Waals surface area contributed by atoms with Crippen LogP contribution < -0.4 is 0 Å². The minimum absolute atomic E-state index is 0.819. The number of nitriles is 1. The van der Waals surface area contributed by atoms with Gasteiger partial charge in [0.1, 0.15) is 0 Å². The number of halogens is 4. The summed E-state index contributed by atoms with van der Waals surface area (Å²) < 4.78 is 11.9. The molecule has 0 bridgehead atoms. The third-order valence-electron chi connectivity index (χ3n) is 0.359. The first-order valence-corrected chi connectivity index (χ1v) is 11.8. The van der Waals surface area contributed by atoms with Crippen molar-refractivity contribution in [2.45, 2.75) is 0 Å². The van der Waals surface area contributed by atoms with E-state index in [1.165, 1.54) is 0 Å². The molecule has 0 aromatic rings. The molecule has 0 amide bonds. The molecule has 8 heteroatoms. The normalized spacial score (nSPS) is 15.1. The molecular formula is CBrClFIN2O2. The Balaban J connectivity index is 4.80. The van der Waals surface area contributed by atoms with Crippen LogP contribution in [0.25, 0.3) is 0 Å². The Morgan fingerprint density at radius 3 is 2.33 bits per heavy atom. The Morgan fingerprint density at radius 1 is 2.00 bits per heavy atom. The van der Waals surface area contributed by atoms with Gasteiger partial charge in [0.15, 0.2) is 0 Å². The van der Waals surface area contributed by atoms with E-state index in [1.54, 1.807) is 0 Å². The van der Waals surface area contributed by atoms with Crippen LogP contribution in [0.4, 0.5) is 2.86 Å². The molecule has 0 radical (unpaired) electrons. The van der Waals surface area contributed by atoms with Crippen molar-refractivity contribution in [2.24, 2.45) is 0 Å². The molecule has 54 valence electrons. The van der Waals surface area contributed by atoms with Crippen molar-refractivity contribution in [2.75, 3.05) is 0 Å². The van der Waals surface area contributed by atoms with Gasteiger partial charge in [-0.3, -0.25) is 0 Å². The summed E-state index contributed by atoms with van der Waals surface area (Å²) in [5.41, 5.74) is 0. The van der Waals surface area contributed by atoms with Gasteiger partial charge < -0.3 is 0 Å². The molecule has 0 aliphatic rings. The van der Waals surface area contributed by atoms with Gasteiger partial charge in [-0.15, -0.1) is 0 Å². The van der Waals surface area contributed by atoms with Gasteiger partial charge in [0.05, 0.1) is 0 Å². The Labute approximate surface area is 61.3 Å². The molecule has 0 fully saturated rings. The molecule has 0 unspecified atom stereocenters. The third-order valence-corrected chi connectivity index (χ3v) is 5.91. The van der Waals surface area contributed by atoms with Crippen LogP contribution in [-0.2, 0) is 0 Å². The zero-order chi connectivity index (χ0) is 7.73. The topological polar surface area (TPSA) is 66.9 Å². The van der Waals surface area contributed by atoms with Crippen molar-refractivity contribution in [3.8, 4) is 4.08 Å². The number of hydrogen-bond donors (Lipinski definition) is 0. The molecular weight excluding hydrogens is 333 g/mol. The molecule has 0 atom stereocenters. The second-order valence-electron chi connectivity index (χ2n) is 0.950. The first-order chi connectivity index (χ1) is 3.78. The third kappa shape index (κ3) is 2.19. The number of hydrogen-bond acceptors (Lipinski definition) is 3. The van der Waals surface area contributed by atoms with Gasteiger partial charge in [0.25, 0.3) is 0 Å². The van der Waals surface area contributed by atoms with E-state index in [0.29, 0.717) is 0 Å². The fraction of sp³-hybridized carbons (Fsp3) is 0. The molecule has 0 rings (SSSR count). The van der Waals surface area contributed by atoms with E-state index < -0.39 is 17.7 Å². The van der Waals surface area contributed by atoms with Crippen LogP contribution in [0.1, 0.15) is 0 Å². The van der Waals surface area contributed by atoms with Gasteiger partial charge in [0.2, 0.25) is 0 Å². The van der Waals surface area contributed by atoms with E-state index in [9.17, 15) is 13.0 Å². The fourth-order valence-corrected chi connectivity index (χ4v) is 0.207. The van der Waals surface area contributed by atoms with E-state index in [0.717, 1.165) is 4.08 Å². The first kappa shape index (κ1) is 9.32. The summed E-state index contributed by atoms with van der Waals surface area (Å²) in [5, 5.41) is 17.5. The van der Waals surface area contributed by atoms with E-state index in [1.807, 2.05) is 12.7 Å². The summed E-state index contributed by atoms with van der Waals surface area (Å²) in [6.07, 6.45) is 0. The number of nitrogens with zero attached hydrogens (tertiary/aromatic N) is 2. The molecule has 4 nitrogen and oxygen atoms in total. The SMILES string of the molecule is N#CI(F)(Cl)(Br)[N+](=O)[O-]. The number of rotatable bonds is 1. The Kier molecular flexibility index (Phi) is 2.25. The summed E-state index contributed by atoms with van der Waals surface area (Å²) in [5.74, 6) is 0. The average Bonchev–Trinajstić information content (AvgIpc) is 1.66. The molecule has 0 aliphatic carbocycles. The second kappa shape index (κ2) is 2.17. The number of nitro groups is 1. The van der Waals surface area contributed by atoms with E-state index >= 15 is 0 Å². The predicted molar refractivity (Wildman–Crippen MR) is 42.5 cm³/mol. The quantitative estimate of drug-likeness (QED) is 0.321. The maximum atomic E-state index is 12.4. The molecule has 0 aromatic carbocycles. The monoisotopic (exact) mass is 332 g/mol. The van der Waals surface area contributed by atoms with Gasteiger partial charge in [0, 0.05) is 0 Å². The maximum absolute atomic E-state index is 12.4. The zero-order valence-electron chi connectivity index (χ0n) is 3.72. The molecule has 0 heterocycles. The van der Waals surface area contributed by atoms with Crippen LogP contribution in [-0.4, -0.2) is 3.14 Å². The Bertz CT molecular complexity index is 193. The summed E-state index contributed by atoms with van der Waals surface area (Å²) in [7, 11) is 4.69.